The number of rotatable bonds is 51. The van der Waals surface area contributed by atoms with Crippen molar-refractivity contribution in [2.24, 2.45) is 0 Å². The normalized spacial score (nSPS) is 12.9. The summed E-state index contributed by atoms with van der Waals surface area (Å²) in [5.74, 6) is -0.0697. The highest BCUT2D eigenvalue weighted by Crippen LogP contribution is 2.16. The third-order valence-corrected chi connectivity index (χ3v) is 12.7. The van der Waals surface area contributed by atoms with Crippen LogP contribution in [0.15, 0.2) is 36.5 Å². The number of aliphatic hydroxyl groups excluding tert-OH is 2. The Morgan fingerprint density at radius 1 is 0.444 bits per heavy atom. The van der Waals surface area contributed by atoms with Gasteiger partial charge in [0.25, 0.3) is 0 Å². The Morgan fingerprint density at radius 3 is 1.22 bits per heavy atom. The van der Waals surface area contributed by atoms with Crippen LogP contribution in [0.3, 0.4) is 0 Å². The maximum atomic E-state index is 12.4. The van der Waals surface area contributed by atoms with Crippen LogP contribution in [0.25, 0.3) is 0 Å². The van der Waals surface area contributed by atoms with Crippen LogP contribution in [0.5, 0.6) is 0 Å². The minimum Gasteiger partial charge on any atom is -0.466 e. The number of carbonyl (C=O) groups is 2. The number of carbonyl (C=O) groups excluding carboxylic acids is 2. The zero-order chi connectivity index (χ0) is 45.8. The Hall–Kier alpha value is -1.92. The van der Waals surface area contributed by atoms with Gasteiger partial charge in [-0.2, -0.15) is 0 Å². The largest absolute Gasteiger partial charge is 0.466 e. The van der Waals surface area contributed by atoms with Gasteiger partial charge in [-0.05, 0) is 89.9 Å². The van der Waals surface area contributed by atoms with Crippen molar-refractivity contribution >= 4 is 11.9 Å². The van der Waals surface area contributed by atoms with Crippen molar-refractivity contribution in [1.82, 2.24) is 5.32 Å². The standard InChI is InChI=1S/C57H107NO5/c1-3-5-7-9-11-13-15-16-17-18-19-22-25-28-31-35-39-43-47-51-57(62)63-52-48-44-40-36-32-29-26-23-20-21-24-27-30-34-38-42-46-50-56(61)58-54(53-59)55(60)49-45-41-37-33-14-12-10-8-6-4-2/h16-17,20,23,29,32,54-55,59-60H,3-15,18-19,21-22,24-28,30-31,33-53H2,1-2H3,(H,58,61)/b17-16-,23-20-,32-29-. The molecule has 0 bridgehead atoms. The quantitative estimate of drug-likeness (QED) is 0.0321. The highest BCUT2D eigenvalue weighted by atomic mass is 16.5. The van der Waals surface area contributed by atoms with Gasteiger partial charge >= 0.3 is 5.97 Å². The molecule has 0 fully saturated rings. The molecule has 0 aromatic carbocycles. The minimum absolute atomic E-state index is 0.0164. The second-order valence-corrected chi connectivity index (χ2v) is 18.9. The van der Waals surface area contributed by atoms with E-state index in [0.29, 0.717) is 25.9 Å². The van der Waals surface area contributed by atoms with E-state index in [1.165, 1.54) is 173 Å². The summed E-state index contributed by atoms with van der Waals surface area (Å²) in [5.41, 5.74) is 0. The molecule has 1 amide bonds. The van der Waals surface area contributed by atoms with E-state index in [4.69, 9.17) is 4.74 Å². The van der Waals surface area contributed by atoms with Gasteiger partial charge < -0.3 is 20.3 Å². The second-order valence-electron chi connectivity index (χ2n) is 18.9. The van der Waals surface area contributed by atoms with Crippen LogP contribution >= 0.6 is 0 Å². The number of hydrogen-bond donors (Lipinski definition) is 3. The molecule has 0 saturated carbocycles. The van der Waals surface area contributed by atoms with E-state index in [9.17, 15) is 19.8 Å². The molecule has 0 aromatic rings. The van der Waals surface area contributed by atoms with E-state index in [1.807, 2.05) is 0 Å². The fourth-order valence-corrected chi connectivity index (χ4v) is 8.37. The molecule has 370 valence electrons. The number of esters is 1. The van der Waals surface area contributed by atoms with Crippen LogP contribution in [0, 0.1) is 0 Å². The Morgan fingerprint density at radius 2 is 0.794 bits per heavy atom. The van der Waals surface area contributed by atoms with E-state index >= 15 is 0 Å². The molecule has 0 rings (SSSR count). The molecule has 0 aliphatic heterocycles. The average Bonchev–Trinajstić information content (AvgIpc) is 3.28. The van der Waals surface area contributed by atoms with Gasteiger partial charge in [-0.15, -0.1) is 0 Å². The molecular weight excluding hydrogens is 779 g/mol. The maximum Gasteiger partial charge on any atom is 0.305 e. The summed E-state index contributed by atoms with van der Waals surface area (Å²) in [6.07, 6.45) is 64.2. The lowest BCUT2D eigenvalue weighted by Gasteiger charge is -2.22. The molecule has 0 aliphatic rings. The van der Waals surface area contributed by atoms with Crippen LogP contribution in [-0.4, -0.2) is 47.4 Å². The van der Waals surface area contributed by atoms with Gasteiger partial charge in [-0.25, -0.2) is 0 Å². The molecule has 6 heteroatoms. The number of aliphatic hydroxyl groups is 2. The molecule has 0 radical (unpaired) electrons. The second kappa shape index (κ2) is 52.7. The molecule has 0 aromatic heterocycles. The molecule has 2 unspecified atom stereocenters. The monoisotopic (exact) mass is 886 g/mol. The smallest absolute Gasteiger partial charge is 0.305 e. The average molecular weight is 886 g/mol. The molecule has 3 N–H and O–H groups in total. The highest BCUT2D eigenvalue weighted by molar-refractivity contribution is 5.76. The number of amides is 1. The third kappa shape index (κ3) is 49.4. The van der Waals surface area contributed by atoms with E-state index in [1.54, 1.807) is 0 Å². The Bertz CT molecular complexity index is 1020. The number of hydrogen-bond acceptors (Lipinski definition) is 5. The predicted molar refractivity (Wildman–Crippen MR) is 273 cm³/mol. The zero-order valence-corrected chi connectivity index (χ0v) is 42.1. The topological polar surface area (TPSA) is 95.9 Å². The molecular formula is C57H107NO5. The number of unbranched alkanes of at least 4 members (excludes halogenated alkanes) is 34. The van der Waals surface area contributed by atoms with Gasteiger partial charge in [0.05, 0.1) is 25.4 Å². The lowest BCUT2D eigenvalue weighted by atomic mass is 10.0. The Labute approximate surface area is 392 Å². The van der Waals surface area contributed by atoms with Crippen molar-refractivity contribution in [3.63, 3.8) is 0 Å². The van der Waals surface area contributed by atoms with Crippen molar-refractivity contribution in [2.75, 3.05) is 13.2 Å². The van der Waals surface area contributed by atoms with Crippen LogP contribution in [0.1, 0.15) is 290 Å². The van der Waals surface area contributed by atoms with Gasteiger partial charge in [0, 0.05) is 12.8 Å². The number of allylic oxidation sites excluding steroid dienone is 6. The van der Waals surface area contributed by atoms with Gasteiger partial charge in [0.1, 0.15) is 0 Å². The van der Waals surface area contributed by atoms with E-state index < -0.39 is 12.1 Å². The first-order chi connectivity index (χ1) is 31.0. The third-order valence-electron chi connectivity index (χ3n) is 12.7. The summed E-state index contributed by atoms with van der Waals surface area (Å²) >= 11 is 0. The Balaban J connectivity index is 3.46. The van der Waals surface area contributed by atoms with Gasteiger partial charge in [-0.3, -0.25) is 9.59 Å². The summed E-state index contributed by atoms with van der Waals surface area (Å²) in [7, 11) is 0. The molecule has 0 aliphatic carbocycles. The van der Waals surface area contributed by atoms with Crippen LogP contribution in [0.4, 0.5) is 0 Å². The zero-order valence-electron chi connectivity index (χ0n) is 42.1. The van der Waals surface area contributed by atoms with Gasteiger partial charge in [-0.1, -0.05) is 224 Å². The van der Waals surface area contributed by atoms with Crippen molar-refractivity contribution in [2.45, 2.75) is 302 Å². The molecule has 0 spiro atoms. The lowest BCUT2D eigenvalue weighted by molar-refractivity contribution is -0.143. The van der Waals surface area contributed by atoms with E-state index in [2.05, 4.69) is 55.6 Å². The van der Waals surface area contributed by atoms with Crippen LogP contribution in [-0.2, 0) is 14.3 Å². The molecule has 0 saturated heterocycles. The van der Waals surface area contributed by atoms with Crippen LogP contribution < -0.4 is 5.32 Å². The van der Waals surface area contributed by atoms with Gasteiger partial charge in [0.15, 0.2) is 0 Å². The predicted octanol–water partition coefficient (Wildman–Crippen LogP) is 16.9. The summed E-state index contributed by atoms with van der Waals surface area (Å²) in [4.78, 5) is 24.5. The van der Waals surface area contributed by atoms with Gasteiger partial charge in [0.2, 0.25) is 5.91 Å². The lowest BCUT2D eigenvalue weighted by Crippen LogP contribution is -2.45. The highest BCUT2D eigenvalue weighted by Gasteiger charge is 2.20. The fourth-order valence-electron chi connectivity index (χ4n) is 8.37. The summed E-state index contributed by atoms with van der Waals surface area (Å²) in [5, 5.41) is 23.1. The molecule has 0 heterocycles. The van der Waals surface area contributed by atoms with Crippen molar-refractivity contribution in [1.29, 1.82) is 0 Å². The molecule has 63 heavy (non-hydrogen) atoms. The fraction of sp³-hybridized carbons (Fsp3) is 0.860. The van der Waals surface area contributed by atoms with Crippen molar-refractivity contribution in [3.8, 4) is 0 Å². The van der Waals surface area contributed by atoms with Crippen molar-refractivity contribution < 1.29 is 24.5 Å². The first-order valence-corrected chi connectivity index (χ1v) is 27.7. The Kier molecular flexibility index (Phi) is 51.1. The number of nitrogens with one attached hydrogen (secondary N) is 1. The molecule has 2 atom stereocenters. The minimum atomic E-state index is -0.673. The maximum absolute atomic E-state index is 12.4. The van der Waals surface area contributed by atoms with Crippen molar-refractivity contribution in [3.05, 3.63) is 36.5 Å². The SMILES string of the molecule is CCCCCCCC/C=C\CCCCCCCCCCCC(=O)OCCCCC/C=C\C/C=C\CCCCCCCCCC(=O)NC(CO)C(O)CCCCCCCCCCCC. The van der Waals surface area contributed by atoms with Crippen LogP contribution in [0.2, 0.25) is 0 Å². The first-order valence-electron chi connectivity index (χ1n) is 27.7. The van der Waals surface area contributed by atoms with E-state index in [-0.39, 0.29) is 18.5 Å². The first kappa shape index (κ1) is 61.1. The molecule has 6 nitrogen and oxygen atoms in total. The van der Waals surface area contributed by atoms with E-state index in [0.717, 1.165) is 83.5 Å². The number of ether oxygens (including phenoxy) is 1. The summed E-state index contributed by atoms with van der Waals surface area (Å²) in [6.45, 7) is 4.89. The summed E-state index contributed by atoms with van der Waals surface area (Å²) < 4.78 is 5.46. The summed E-state index contributed by atoms with van der Waals surface area (Å²) in [6, 6.07) is -0.552.